The van der Waals surface area contributed by atoms with Gasteiger partial charge in [-0.2, -0.15) is 0 Å². The largest absolute Gasteiger partial charge is 0.341 e. The van der Waals surface area contributed by atoms with Crippen LogP contribution in [0.5, 0.6) is 0 Å². The molecule has 3 aromatic rings. The zero-order valence-corrected chi connectivity index (χ0v) is 23.3. The first-order chi connectivity index (χ1) is 18.4. The number of nitrogens with zero attached hydrogens (tertiary/aromatic N) is 2. The highest BCUT2D eigenvalue weighted by atomic mass is 35.5. The Morgan fingerprint density at radius 1 is 0.974 bits per heavy atom. The predicted octanol–water partition coefficient (Wildman–Crippen LogP) is 7.14. The maximum atomic E-state index is 13.6. The number of hydrogen-bond donors (Lipinski definition) is 0. The minimum atomic E-state index is -0.283. The van der Waals surface area contributed by atoms with E-state index in [0.29, 0.717) is 23.0 Å². The van der Waals surface area contributed by atoms with Gasteiger partial charge in [0.1, 0.15) is 0 Å². The van der Waals surface area contributed by atoms with E-state index < -0.39 is 0 Å². The average molecular weight is 550 g/mol. The molecule has 5 rings (SSSR count). The van der Waals surface area contributed by atoms with E-state index in [-0.39, 0.29) is 23.0 Å². The van der Waals surface area contributed by atoms with Crippen LogP contribution in [-0.2, 0) is 16.8 Å². The van der Waals surface area contributed by atoms with Crippen LogP contribution >= 0.6 is 23.2 Å². The van der Waals surface area contributed by atoms with Gasteiger partial charge in [0.25, 0.3) is 0 Å². The quantitative estimate of drug-likeness (QED) is 0.300. The number of carbonyl (C=O) groups excluding carboxylic acids is 2. The molecule has 1 fully saturated rings. The van der Waals surface area contributed by atoms with E-state index in [1.807, 2.05) is 66.5 Å². The van der Waals surface area contributed by atoms with E-state index in [4.69, 9.17) is 23.2 Å². The second-order valence-electron chi connectivity index (χ2n) is 10.8. The van der Waals surface area contributed by atoms with Gasteiger partial charge in [-0.05, 0) is 74.1 Å². The molecular formula is C32H34Cl2N2O2. The molecule has 1 aliphatic heterocycles. The van der Waals surface area contributed by atoms with Crippen LogP contribution in [0.15, 0.2) is 72.8 Å². The number of fused-ring (bicyclic) bond motifs is 2. The highest BCUT2D eigenvalue weighted by molar-refractivity contribution is 6.42. The summed E-state index contributed by atoms with van der Waals surface area (Å²) < 4.78 is 0. The van der Waals surface area contributed by atoms with Crippen molar-refractivity contribution in [3.63, 3.8) is 0 Å². The third-order valence-electron chi connectivity index (χ3n) is 8.36. The molecule has 38 heavy (non-hydrogen) atoms. The molecule has 1 heterocycles. The summed E-state index contributed by atoms with van der Waals surface area (Å²) in [6.45, 7) is 3.44. The van der Waals surface area contributed by atoms with E-state index >= 15 is 0 Å². The zero-order valence-electron chi connectivity index (χ0n) is 21.8. The summed E-state index contributed by atoms with van der Waals surface area (Å²) in [5, 5.41) is 0.967. The molecule has 0 saturated carbocycles. The van der Waals surface area contributed by atoms with Gasteiger partial charge in [-0.15, -0.1) is 0 Å². The number of halogens is 2. The van der Waals surface area contributed by atoms with Gasteiger partial charge in [0, 0.05) is 31.0 Å². The molecule has 0 radical (unpaired) electrons. The number of piperidine rings is 1. The van der Waals surface area contributed by atoms with Crippen LogP contribution in [0.4, 0.5) is 0 Å². The first-order valence-electron chi connectivity index (χ1n) is 13.5. The van der Waals surface area contributed by atoms with Gasteiger partial charge in [0.05, 0.1) is 16.0 Å². The summed E-state index contributed by atoms with van der Waals surface area (Å²) in [6.07, 6.45) is 4.29. The number of Topliss-reactive ketones (excluding diaryl/α,β-unsaturated/α-hetero) is 1. The molecular weight excluding hydrogens is 515 g/mol. The van der Waals surface area contributed by atoms with Crippen LogP contribution in [-0.4, -0.2) is 48.2 Å². The van der Waals surface area contributed by atoms with Crippen molar-refractivity contribution in [1.82, 2.24) is 9.80 Å². The fourth-order valence-electron chi connectivity index (χ4n) is 6.22. The fraction of sp³-hybridized carbons (Fsp3) is 0.375. The van der Waals surface area contributed by atoms with Crippen LogP contribution in [0, 0.1) is 0 Å². The van der Waals surface area contributed by atoms with Crippen molar-refractivity contribution in [2.45, 2.75) is 50.0 Å². The molecule has 1 saturated heterocycles. The molecule has 1 atom stereocenters. The molecule has 1 aliphatic carbocycles. The van der Waals surface area contributed by atoms with Gasteiger partial charge in [-0.3, -0.25) is 9.59 Å². The summed E-state index contributed by atoms with van der Waals surface area (Å²) in [6, 6.07) is 23.7. The van der Waals surface area contributed by atoms with E-state index in [1.165, 1.54) is 5.56 Å². The number of likely N-dealkylation sites (N-methyl/N-ethyl adjacent to an activating group) is 1. The highest BCUT2D eigenvalue weighted by Crippen LogP contribution is 2.46. The van der Waals surface area contributed by atoms with Gasteiger partial charge in [-0.1, -0.05) is 83.9 Å². The lowest BCUT2D eigenvalue weighted by atomic mass is 9.74. The van der Waals surface area contributed by atoms with Gasteiger partial charge < -0.3 is 9.80 Å². The summed E-state index contributed by atoms with van der Waals surface area (Å²) in [7, 11) is 1.87. The Balaban J connectivity index is 1.22. The maximum Gasteiger partial charge on any atom is 0.230 e. The normalized spacial score (nSPS) is 17.4. The summed E-state index contributed by atoms with van der Waals surface area (Å²) >= 11 is 12.5. The van der Waals surface area contributed by atoms with Crippen LogP contribution in [0.25, 0.3) is 0 Å². The van der Waals surface area contributed by atoms with Crippen LogP contribution in [0.1, 0.15) is 65.1 Å². The van der Waals surface area contributed by atoms with Crippen molar-refractivity contribution < 1.29 is 9.59 Å². The maximum absolute atomic E-state index is 13.6. The standard InChI is InChI=1S/C32H34Cl2N2O2/c1-35(22-23-8-3-2-4-9-23)31(38)25(24-13-14-28(33)29(34)20-24)11-7-17-36-18-15-32(16-19-36)21-30(37)26-10-5-6-12-27(26)32/h2-6,8-10,12-14,20,25H,7,11,15-19,21-22H2,1H3/t25-/m0/s1. The number of ketones is 1. The number of amides is 1. The summed E-state index contributed by atoms with van der Waals surface area (Å²) in [5.74, 6) is 0.0940. The molecule has 2 aliphatic rings. The first-order valence-corrected chi connectivity index (χ1v) is 14.2. The SMILES string of the molecule is CN(Cc1ccccc1)C(=O)[C@@H](CCCN1CCC2(CC1)CC(=O)c1ccccc12)c1ccc(Cl)c(Cl)c1. The number of carbonyl (C=O) groups is 2. The van der Waals surface area contributed by atoms with Crippen molar-refractivity contribution in [3.05, 3.63) is 105 Å². The van der Waals surface area contributed by atoms with Crippen molar-refractivity contribution in [1.29, 1.82) is 0 Å². The van der Waals surface area contributed by atoms with Gasteiger partial charge in [0.15, 0.2) is 5.78 Å². The number of likely N-dealkylation sites (tertiary alicyclic amines) is 1. The van der Waals surface area contributed by atoms with Crippen LogP contribution in [0.2, 0.25) is 10.0 Å². The lowest BCUT2D eigenvalue weighted by Gasteiger charge is -2.39. The molecule has 1 spiro atoms. The van der Waals surface area contributed by atoms with E-state index in [0.717, 1.165) is 62.0 Å². The molecule has 0 unspecified atom stereocenters. The second kappa shape index (κ2) is 11.6. The van der Waals surface area contributed by atoms with E-state index in [2.05, 4.69) is 17.0 Å². The number of hydrogen-bond acceptors (Lipinski definition) is 3. The molecule has 3 aromatic carbocycles. The molecule has 0 bridgehead atoms. The molecule has 198 valence electrons. The Morgan fingerprint density at radius 3 is 2.42 bits per heavy atom. The third kappa shape index (κ3) is 5.68. The van der Waals surface area contributed by atoms with Gasteiger partial charge in [0.2, 0.25) is 5.91 Å². The van der Waals surface area contributed by atoms with E-state index in [1.54, 1.807) is 6.07 Å². The lowest BCUT2D eigenvalue weighted by Crippen LogP contribution is -2.42. The lowest BCUT2D eigenvalue weighted by molar-refractivity contribution is -0.132. The number of rotatable bonds is 8. The van der Waals surface area contributed by atoms with E-state index in [9.17, 15) is 9.59 Å². The highest BCUT2D eigenvalue weighted by Gasteiger charge is 2.44. The molecule has 0 N–H and O–H groups in total. The minimum Gasteiger partial charge on any atom is -0.341 e. The van der Waals surface area contributed by atoms with Crippen molar-refractivity contribution >= 4 is 34.9 Å². The first kappa shape index (κ1) is 26.9. The van der Waals surface area contributed by atoms with Crippen LogP contribution in [0.3, 0.4) is 0 Å². The molecule has 0 aromatic heterocycles. The fourth-order valence-corrected chi connectivity index (χ4v) is 6.53. The Kier molecular flexibility index (Phi) is 8.23. The Bertz CT molecular complexity index is 1300. The molecule has 4 nitrogen and oxygen atoms in total. The second-order valence-corrected chi connectivity index (χ2v) is 11.6. The summed E-state index contributed by atoms with van der Waals surface area (Å²) in [4.78, 5) is 30.6. The topological polar surface area (TPSA) is 40.6 Å². The van der Waals surface area contributed by atoms with Gasteiger partial charge >= 0.3 is 0 Å². The molecule has 1 amide bonds. The smallest absolute Gasteiger partial charge is 0.230 e. The zero-order chi connectivity index (χ0) is 26.7. The summed E-state index contributed by atoms with van der Waals surface area (Å²) in [5.41, 5.74) is 4.18. The monoisotopic (exact) mass is 548 g/mol. The Hall–Kier alpha value is -2.66. The molecule has 6 heteroatoms. The van der Waals surface area contributed by atoms with Gasteiger partial charge in [-0.25, -0.2) is 0 Å². The number of benzene rings is 3. The van der Waals surface area contributed by atoms with Crippen molar-refractivity contribution in [2.24, 2.45) is 0 Å². The minimum absolute atomic E-state index is 0.00286. The Labute approximate surface area is 235 Å². The Morgan fingerprint density at radius 2 is 1.68 bits per heavy atom. The van der Waals surface area contributed by atoms with Crippen molar-refractivity contribution in [2.75, 3.05) is 26.7 Å². The average Bonchev–Trinajstić information content (AvgIpc) is 3.20. The van der Waals surface area contributed by atoms with Crippen molar-refractivity contribution in [3.8, 4) is 0 Å². The van der Waals surface area contributed by atoms with Crippen LogP contribution < -0.4 is 0 Å². The third-order valence-corrected chi connectivity index (χ3v) is 9.10. The predicted molar refractivity (Wildman–Crippen MR) is 154 cm³/mol.